The molecule has 7 nitrogen and oxygen atoms in total. The number of ether oxygens (including phenoxy) is 1. The van der Waals surface area contributed by atoms with Gasteiger partial charge in [0.2, 0.25) is 0 Å². The van der Waals surface area contributed by atoms with Gasteiger partial charge < -0.3 is 14.5 Å². The summed E-state index contributed by atoms with van der Waals surface area (Å²) in [7, 11) is 0. The molecule has 0 saturated heterocycles. The van der Waals surface area contributed by atoms with Crippen LogP contribution in [0.3, 0.4) is 0 Å². The molecule has 0 aromatic carbocycles. The van der Waals surface area contributed by atoms with Crippen LogP contribution in [0, 0.1) is 6.92 Å². The summed E-state index contributed by atoms with van der Waals surface area (Å²) in [6, 6.07) is 3.53. The number of furan rings is 1. The van der Waals surface area contributed by atoms with E-state index in [1.807, 2.05) is 0 Å². The van der Waals surface area contributed by atoms with Crippen LogP contribution in [0.15, 0.2) is 22.8 Å². The number of amides is 2. The molecule has 0 spiro atoms. The summed E-state index contributed by atoms with van der Waals surface area (Å²) in [5.41, 5.74) is -0.0578. The Bertz CT molecular complexity index is 686. The lowest BCUT2D eigenvalue weighted by Gasteiger charge is -2.18. The number of nitrogens with zero attached hydrogens (tertiary/aromatic N) is 1. The molecule has 0 bridgehead atoms. The minimum absolute atomic E-state index is 0.270. The molecule has 2 N–H and O–H groups in total. The van der Waals surface area contributed by atoms with E-state index >= 15 is 0 Å². The summed E-state index contributed by atoms with van der Waals surface area (Å²) in [6.45, 7) is 7.31. The number of hydrogen-bond acceptors (Lipinski definition) is 6. The highest BCUT2D eigenvalue weighted by molar-refractivity contribution is 7.17. The number of hydrogen-bond donors (Lipinski definition) is 2. The second kappa shape index (κ2) is 6.82. The number of aromatic nitrogens is 1. The van der Waals surface area contributed by atoms with Crippen molar-refractivity contribution in [2.45, 2.75) is 39.8 Å². The number of thiazole rings is 1. The second-order valence-corrected chi connectivity index (χ2v) is 6.82. The van der Waals surface area contributed by atoms with Crippen molar-refractivity contribution in [2.24, 2.45) is 0 Å². The Kier molecular flexibility index (Phi) is 5.05. The average molecular weight is 337 g/mol. The molecular weight excluding hydrogens is 318 g/mol. The number of carbonyl (C=O) groups is 2. The van der Waals surface area contributed by atoms with E-state index in [9.17, 15) is 9.59 Å². The molecule has 124 valence electrons. The fourth-order valence-electron chi connectivity index (χ4n) is 1.71. The number of carbonyl (C=O) groups excluding carboxylic acids is 2. The topological polar surface area (TPSA) is 93.5 Å². The molecule has 2 heterocycles. The fourth-order valence-corrected chi connectivity index (χ4v) is 2.58. The molecule has 0 radical (unpaired) electrons. The lowest BCUT2D eigenvalue weighted by Crippen LogP contribution is -2.27. The van der Waals surface area contributed by atoms with Crippen LogP contribution in [0.1, 0.15) is 41.9 Å². The Morgan fingerprint density at radius 3 is 2.74 bits per heavy atom. The van der Waals surface area contributed by atoms with Gasteiger partial charge >= 0.3 is 6.09 Å². The summed E-state index contributed by atoms with van der Waals surface area (Å²) >= 11 is 1.09. The monoisotopic (exact) mass is 337 g/mol. The van der Waals surface area contributed by atoms with Crippen LogP contribution in [-0.2, 0) is 11.3 Å². The molecule has 2 aromatic rings. The Hall–Kier alpha value is -2.35. The van der Waals surface area contributed by atoms with Crippen LogP contribution in [-0.4, -0.2) is 22.6 Å². The number of rotatable bonds is 4. The molecule has 2 amide bonds. The highest BCUT2D eigenvalue weighted by Crippen LogP contribution is 2.23. The van der Waals surface area contributed by atoms with Crippen molar-refractivity contribution < 1.29 is 18.7 Å². The summed E-state index contributed by atoms with van der Waals surface area (Å²) in [6.07, 6.45) is 0.941. The van der Waals surface area contributed by atoms with Gasteiger partial charge in [0.05, 0.1) is 18.5 Å². The number of nitrogens with one attached hydrogen (secondary N) is 2. The molecule has 0 aliphatic heterocycles. The molecule has 0 unspecified atom stereocenters. The third kappa shape index (κ3) is 5.10. The maximum absolute atomic E-state index is 12.2. The summed E-state index contributed by atoms with van der Waals surface area (Å²) in [4.78, 5) is 28.5. The molecule has 0 saturated carbocycles. The molecule has 0 fully saturated rings. The van der Waals surface area contributed by atoms with E-state index in [1.54, 1.807) is 46.1 Å². The van der Waals surface area contributed by atoms with Crippen molar-refractivity contribution in [2.75, 3.05) is 5.32 Å². The van der Waals surface area contributed by atoms with Crippen LogP contribution in [0.2, 0.25) is 0 Å². The van der Waals surface area contributed by atoms with Gasteiger partial charge in [-0.05, 0) is 39.8 Å². The molecule has 8 heteroatoms. The van der Waals surface area contributed by atoms with Crippen molar-refractivity contribution in [1.29, 1.82) is 0 Å². The van der Waals surface area contributed by atoms with E-state index in [4.69, 9.17) is 9.15 Å². The van der Waals surface area contributed by atoms with Gasteiger partial charge in [0, 0.05) is 0 Å². The van der Waals surface area contributed by atoms with E-state index in [-0.39, 0.29) is 12.5 Å². The van der Waals surface area contributed by atoms with Gasteiger partial charge in [-0.2, -0.15) is 0 Å². The van der Waals surface area contributed by atoms with Crippen molar-refractivity contribution in [3.8, 4) is 0 Å². The summed E-state index contributed by atoms with van der Waals surface area (Å²) in [5, 5.41) is 5.59. The fraction of sp³-hybridized carbons (Fsp3) is 0.400. The highest BCUT2D eigenvalue weighted by atomic mass is 32.1. The van der Waals surface area contributed by atoms with E-state index in [0.29, 0.717) is 21.5 Å². The third-order valence-corrected chi connectivity index (χ3v) is 3.69. The Morgan fingerprint density at radius 2 is 2.13 bits per heavy atom. The van der Waals surface area contributed by atoms with Crippen LogP contribution in [0.5, 0.6) is 0 Å². The highest BCUT2D eigenvalue weighted by Gasteiger charge is 2.20. The van der Waals surface area contributed by atoms with Crippen LogP contribution >= 0.6 is 11.3 Å². The lowest BCUT2D eigenvalue weighted by molar-refractivity contribution is 0.0635. The van der Waals surface area contributed by atoms with Gasteiger partial charge in [0.1, 0.15) is 16.2 Å². The van der Waals surface area contributed by atoms with E-state index in [2.05, 4.69) is 15.6 Å². The van der Waals surface area contributed by atoms with Gasteiger partial charge in [0.25, 0.3) is 5.91 Å². The maximum atomic E-state index is 12.2. The molecule has 0 aliphatic rings. The molecular formula is C15H19N3O4S. The molecule has 0 atom stereocenters. The zero-order valence-electron chi connectivity index (χ0n) is 13.4. The van der Waals surface area contributed by atoms with Gasteiger partial charge in [-0.3, -0.25) is 10.1 Å². The predicted molar refractivity (Wildman–Crippen MR) is 86.6 cm³/mol. The first kappa shape index (κ1) is 17.0. The second-order valence-electron chi connectivity index (χ2n) is 5.82. The minimum Gasteiger partial charge on any atom is -0.467 e. The SMILES string of the molecule is Cc1nc(NC(=O)OC(C)(C)C)sc1C(=O)NCc1ccco1. The van der Waals surface area contributed by atoms with E-state index in [1.165, 1.54) is 0 Å². The first-order chi connectivity index (χ1) is 10.7. The average Bonchev–Trinajstić information content (AvgIpc) is 3.03. The smallest absolute Gasteiger partial charge is 0.413 e. The first-order valence-corrected chi connectivity index (χ1v) is 7.84. The first-order valence-electron chi connectivity index (χ1n) is 7.02. The van der Waals surface area contributed by atoms with Crippen molar-refractivity contribution in [3.05, 3.63) is 34.7 Å². The Balaban J connectivity index is 1.97. The zero-order chi connectivity index (χ0) is 17.0. The quantitative estimate of drug-likeness (QED) is 0.892. The molecule has 2 aromatic heterocycles. The predicted octanol–water partition coefficient (Wildman–Crippen LogP) is 3.32. The molecule has 2 rings (SSSR count). The largest absolute Gasteiger partial charge is 0.467 e. The van der Waals surface area contributed by atoms with Crippen molar-refractivity contribution >= 4 is 28.5 Å². The minimum atomic E-state index is -0.603. The van der Waals surface area contributed by atoms with Crippen LogP contribution in [0.25, 0.3) is 0 Å². The Labute approximate surface area is 138 Å². The van der Waals surface area contributed by atoms with Gasteiger partial charge in [-0.15, -0.1) is 0 Å². The van der Waals surface area contributed by atoms with Gasteiger partial charge in [-0.1, -0.05) is 11.3 Å². The van der Waals surface area contributed by atoms with Gasteiger partial charge in [-0.25, -0.2) is 9.78 Å². The Morgan fingerprint density at radius 1 is 1.39 bits per heavy atom. The van der Waals surface area contributed by atoms with Gasteiger partial charge in [0.15, 0.2) is 5.13 Å². The third-order valence-electron chi connectivity index (χ3n) is 2.61. The maximum Gasteiger partial charge on any atom is 0.413 e. The standard InChI is InChI=1S/C15H19N3O4S/c1-9-11(12(19)16-8-10-6-5-7-21-10)23-13(17-9)18-14(20)22-15(2,3)4/h5-7H,8H2,1-4H3,(H,16,19)(H,17,18,20). The summed E-state index contributed by atoms with van der Waals surface area (Å²) in [5.74, 6) is 0.390. The lowest BCUT2D eigenvalue weighted by atomic mass is 10.2. The molecule has 23 heavy (non-hydrogen) atoms. The van der Waals surface area contributed by atoms with Crippen LogP contribution < -0.4 is 10.6 Å². The normalized spacial score (nSPS) is 11.1. The van der Waals surface area contributed by atoms with E-state index < -0.39 is 11.7 Å². The number of anilines is 1. The zero-order valence-corrected chi connectivity index (χ0v) is 14.2. The van der Waals surface area contributed by atoms with E-state index in [0.717, 1.165) is 11.3 Å². The van der Waals surface area contributed by atoms with Crippen LogP contribution in [0.4, 0.5) is 9.93 Å². The summed E-state index contributed by atoms with van der Waals surface area (Å²) < 4.78 is 10.3. The van der Waals surface area contributed by atoms with Crippen molar-refractivity contribution in [1.82, 2.24) is 10.3 Å². The van der Waals surface area contributed by atoms with Crippen molar-refractivity contribution in [3.63, 3.8) is 0 Å². The molecule has 0 aliphatic carbocycles. The number of aryl methyl sites for hydroxylation is 1.